The van der Waals surface area contributed by atoms with Gasteiger partial charge in [-0.05, 0) is 31.2 Å². The van der Waals surface area contributed by atoms with Crippen LogP contribution in [0, 0.1) is 0 Å². The van der Waals surface area contributed by atoms with Crippen molar-refractivity contribution in [2.24, 2.45) is 0 Å². The summed E-state index contributed by atoms with van der Waals surface area (Å²) in [5.74, 6) is 0.00124. The van der Waals surface area contributed by atoms with Crippen LogP contribution in [0.1, 0.15) is 20.3 Å². The molecular weight excluding hydrogens is 236 g/mol. The lowest BCUT2D eigenvalue weighted by atomic mass is 10.3. The maximum atomic E-state index is 11.2. The highest BCUT2D eigenvalue weighted by atomic mass is 32.2. The zero-order valence-corrected chi connectivity index (χ0v) is 10.7. The largest absolute Gasteiger partial charge is 0.423 e. The van der Waals surface area contributed by atoms with E-state index in [0.717, 1.165) is 4.90 Å². The molecule has 0 amide bonds. The second kappa shape index (κ2) is 6.25. The van der Waals surface area contributed by atoms with Crippen LogP contribution in [-0.4, -0.2) is 11.1 Å². The molecule has 0 N–H and O–H groups in total. The third-order valence-electron chi connectivity index (χ3n) is 1.90. The first-order chi connectivity index (χ1) is 8.02. The molecule has 4 heteroatoms. The van der Waals surface area contributed by atoms with Crippen LogP contribution < -0.4 is 4.74 Å². The zero-order valence-electron chi connectivity index (χ0n) is 9.86. The van der Waals surface area contributed by atoms with E-state index in [1.54, 1.807) is 31.2 Å². The lowest BCUT2D eigenvalue weighted by Crippen LogP contribution is -2.07. The molecule has 0 atom stereocenters. The van der Waals surface area contributed by atoms with Gasteiger partial charge in [0, 0.05) is 16.9 Å². The van der Waals surface area contributed by atoms with E-state index < -0.39 is 5.97 Å². The topological polar surface area (TPSA) is 43.4 Å². The Morgan fingerprint density at radius 2 is 1.88 bits per heavy atom. The van der Waals surface area contributed by atoms with Crippen LogP contribution in [0.15, 0.2) is 41.3 Å². The van der Waals surface area contributed by atoms with Gasteiger partial charge in [-0.15, -0.1) is 0 Å². The average molecular weight is 250 g/mol. The number of hydrogen-bond acceptors (Lipinski definition) is 4. The summed E-state index contributed by atoms with van der Waals surface area (Å²) in [7, 11) is 0. The van der Waals surface area contributed by atoms with E-state index >= 15 is 0 Å². The summed E-state index contributed by atoms with van der Waals surface area (Å²) in [5, 5.41) is 0.108. The molecule has 0 saturated carbocycles. The van der Waals surface area contributed by atoms with Crippen molar-refractivity contribution in [3.8, 4) is 5.75 Å². The first-order valence-electron chi connectivity index (χ1n) is 5.21. The minimum Gasteiger partial charge on any atom is -0.423 e. The Bertz CT molecular complexity index is 434. The second-order valence-corrected chi connectivity index (χ2v) is 4.60. The molecule has 90 valence electrons. The maximum Gasteiger partial charge on any atom is 0.338 e. The fourth-order valence-electron chi connectivity index (χ4n) is 0.973. The first kappa shape index (κ1) is 13.5. The lowest BCUT2D eigenvalue weighted by molar-refractivity contribution is -0.130. The summed E-state index contributed by atoms with van der Waals surface area (Å²) in [6, 6.07) is 6.82. The van der Waals surface area contributed by atoms with Gasteiger partial charge < -0.3 is 4.74 Å². The van der Waals surface area contributed by atoms with Gasteiger partial charge in [-0.1, -0.05) is 25.3 Å². The minimum atomic E-state index is -0.449. The van der Waals surface area contributed by atoms with Gasteiger partial charge in [-0.3, -0.25) is 4.79 Å². The molecule has 0 aliphatic carbocycles. The molecule has 0 fully saturated rings. The molecule has 0 radical (unpaired) electrons. The predicted molar refractivity (Wildman–Crippen MR) is 68.0 cm³/mol. The molecule has 0 unspecified atom stereocenters. The van der Waals surface area contributed by atoms with Gasteiger partial charge in [0.15, 0.2) is 5.12 Å². The van der Waals surface area contributed by atoms with E-state index in [1.165, 1.54) is 11.8 Å². The molecule has 0 heterocycles. The number of ether oxygens (including phenoxy) is 1. The number of carbonyl (C=O) groups excluding carboxylic acids is 2. The fraction of sp³-hybridized carbons (Fsp3) is 0.231. The summed E-state index contributed by atoms with van der Waals surface area (Å²) < 4.78 is 5.03. The Morgan fingerprint density at radius 1 is 1.29 bits per heavy atom. The predicted octanol–water partition coefficient (Wildman–Crippen LogP) is 3.20. The Kier molecular flexibility index (Phi) is 4.97. The van der Waals surface area contributed by atoms with Gasteiger partial charge in [0.05, 0.1) is 0 Å². The Morgan fingerprint density at radius 3 is 2.35 bits per heavy atom. The minimum absolute atomic E-state index is 0.108. The normalized spacial score (nSPS) is 9.76. The van der Waals surface area contributed by atoms with E-state index in [4.69, 9.17) is 4.74 Å². The van der Waals surface area contributed by atoms with Gasteiger partial charge in [0.25, 0.3) is 0 Å². The highest BCUT2D eigenvalue weighted by Gasteiger charge is 2.06. The SMILES string of the molecule is C=C(C)C(=O)Oc1ccc(SC(=O)CC)cc1. The molecule has 1 aromatic rings. The lowest BCUT2D eigenvalue weighted by Gasteiger charge is -2.04. The molecule has 1 aromatic carbocycles. The number of thioether (sulfide) groups is 1. The van der Waals surface area contributed by atoms with Crippen molar-refractivity contribution >= 4 is 22.8 Å². The molecule has 0 bridgehead atoms. The molecule has 0 aliphatic heterocycles. The number of rotatable bonds is 4. The third kappa shape index (κ3) is 4.44. The molecule has 1 rings (SSSR count). The average Bonchev–Trinajstić information content (AvgIpc) is 2.31. The summed E-state index contributed by atoms with van der Waals surface area (Å²) >= 11 is 1.18. The van der Waals surface area contributed by atoms with Crippen LogP contribution in [0.2, 0.25) is 0 Å². The van der Waals surface area contributed by atoms with Gasteiger partial charge in [0.1, 0.15) is 5.75 Å². The van der Waals surface area contributed by atoms with Crippen LogP contribution in [-0.2, 0) is 9.59 Å². The molecule has 0 spiro atoms. The number of esters is 1. The molecule has 0 aliphatic rings. The summed E-state index contributed by atoms with van der Waals surface area (Å²) in [6.07, 6.45) is 0.497. The van der Waals surface area contributed by atoms with Gasteiger partial charge in [0.2, 0.25) is 0 Å². The van der Waals surface area contributed by atoms with E-state index in [0.29, 0.717) is 17.7 Å². The van der Waals surface area contributed by atoms with Crippen molar-refractivity contribution in [2.45, 2.75) is 25.2 Å². The van der Waals surface area contributed by atoms with Crippen LogP contribution >= 0.6 is 11.8 Å². The highest BCUT2D eigenvalue weighted by molar-refractivity contribution is 8.13. The smallest absolute Gasteiger partial charge is 0.338 e. The Balaban J connectivity index is 2.65. The van der Waals surface area contributed by atoms with Crippen LogP contribution in [0.5, 0.6) is 5.75 Å². The fourth-order valence-corrected chi connectivity index (χ4v) is 1.65. The van der Waals surface area contributed by atoms with Gasteiger partial charge >= 0.3 is 5.97 Å². The van der Waals surface area contributed by atoms with Crippen LogP contribution in [0.4, 0.5) is 0 Å². The summed E-state index contributed by atoms with van der Waals surface area (Å²) in [5.41, 5.74) is 0.351. The van der Waals surface area contributed by atoms with Crippen molar-refractivity contribution in [1.82, 2.24) is 0 Å². The standard InChI is InChI=1S/C13H14O3S/c1-4-12(14)17-11-7-5-10(6-8-11)16-13(15)9(2)3/h5-8H,2,4H2,1,3H3. The molecule has 0 aromatic heterocycles. The second-order valence-electron chi connectivity index (χ2n) is 3.47. The molecule has 17 heavy (non-hydrogen) atoms. The number of benzene rings is 1. The van der Waals surface area contributed by atoms with Crippen molar-refractivity contribution in [3.05, 3.63) is 36.4 Å². The zero-order chi connectivity index (χ0) is 12.8. The van der Waals surface area contributed by atoms with Crippen molar-refractivity contribution in [3.63, 3.8) is 0 Å². The van der Waals surface area contributed by atoms with E-state index in [2.05, 4.69) is 6.58 Å². The molecule has 0 saturated heterocycles. The number of hydrogen-bond donors (Lipinski definition) is 0. The van der Waals surface area contributed by atoms with E-state index in [9.17, 15) is 9.59 Å². The first-order valence-corrected chi connectivity index (χ1v) is 6.03. The van der Waals surface area contributed by atoms with Crippen LogP contribution in [0.3, 0.4) is 0 Å². The quantitative estimate of drug-likeness (QED) is 0.356. The van der Waals surface area contributed by atoms with Gasteiger partial charge in [-0.25, -0.2) is 4.79 Å². The Hall–Kier alpha value is -1.55. The van der Waals surface area contributed by atoms with Crippen molar-refractivity contribution < 1.29 is 14.3 Å². The van der Waals surface area contributed by atoms with Gasteiger partial charge in [-0.2, -0.15) is 0 Å². The summed E-state index contributed by atoms with van der Waals surface area (Å²) in [4.78, 5) is 23.3. The van der Waals surface area contributed by atoms with Crippen LogP contribution in [0.25, 0.3) is 0 Å². The maximum absolute atomic E-state index is 11.2. The highest BCUT2D eigenvalue weighted by Crippen LogP contribution is 2.23. The van der Waals surface area contributed by atoms with E-state index in [1.807, 2.05) is 6.92 Å². The monoisotopic (exact) mass is 250 g/mol. The van der Waals surface area contributed by atoms with Crippen molar-refractivity contribution in [1.29, 1.82) is 0 Å². The summed E-state index contributed by atoms with van der Waals surface area (Å²) in [6.45, 7) is 6.90. The molecule has 3 nitrogen and oxygen atoms in total. The Labute approximate surface area is 105 Å². The third-order valence-corrected chi connectivity index (χ3v) is 2.93. The molecular formula is C13H14O3S. The van der Waals surface area contributed by atoms with E-state index in [-0.39, 0.29) is 5.12 Å². The van der Waals surface area contributed by atoms with Crippen molar-refractivity contribution in [2.75, 3.05) is 0 Å². The number of carbonyl (C=O) groups is 2.